The molecule has 0 atom stereocenters. The molecule has 1 aromatic heterocycles. The fraction of sp³-hybridized carbons (Fsp3) is 0.0909. The molecule has 0 spiro atoms. The van der Waals surface area contributed by atoms with E-state index in [0.717, 1.165) is 0 Å². The molecule has 94 valence electrons. The minimum atomic E-state index is -1.17. The minimum absolute atomic E-state index is 0.0838. The van der Waals surface area contributed by atoms with Crippen molar-refractivity contribution in [1.29, 1.82) is 0 Å². The normalized spacial score (nSPS) is 10.3. The van der Waals surface area contributed by atoms with Gasteiger partial charge in [-0.3, -0.25) is 5.10 Å². The first-order chi connectivity index (χ1) is 8.54. The number of benzene rings is 1. The van der Waals surface area contributed by atoms with Crippen molar-refractivity contribution in [2.45, 2.75) is 0 Å². The van der Waals surface area contributed by atoms with Gasteiger partial charge in [0.1, 0.15) is 11.3 Å². The van der Waals surface area contributed by atoms with E-state index in [9.17, 15) is 4.79 Å². The smallest absolute Gasteiger partial charge is 0.341 e. The lowest BCUT2D eigenvalue weighted by Crippen LogP contribution is -2.02. The first-order valence-corrected chi connectivity index (χ1v) is 5.33. The predicted octanol–water partition coefficient (Wildman–Crippen LogP) is 2.02. The van der Waals surface area contributed by atoms with Crippen molar-refractivity contribution in [2.24, 2.45) is 0 Å². The van der Waals surface area contributed by atoms with Crippen LogP contribution in [0.1, 0.15) is 10.4 Å². The number of nitrogen functional groups attached to an aromatic ring is 1. The molecular formula is C11H10ClN3O3. The number of methoxy groups -OCH3 is 1. The Bertz CT molecular complexity index is 610. The van der Waals surface area contributed by atoms with Gasteiger partial charge >= 0.3 is 5.97 Å². The third-order valence-corrected chi connectivity index (χ3v) is 2.67. The molecule has 4 N–H and O–H groups in total. The Morgan fingerprint density at radius 3 is 2.89 bits per heavy atom. The van der Waals surface area contributed by atoms with E-state index < -0.39 is 5.97 Å². The van der Waals surface area contributed by atoms with E-state index in [2.05, 4.69) is 10.2 Å². The number of halogens is 1. The maximum Gasteiger partial charge on any atom is 0.341 e. The highest BCUT2D eigenvalue weighted by Crippen LogP contribution is 2.34. The third kappa shape index (κ3) is 1.98. The summed E-state index contributed by atoms with van der Waals surface area (Å²) in [7, 11) is 1.48. The van der Waals surface area contributed by atoms with Crippen LogP contribution >= 0.6 is 11.6 Å². The molecule has 0 amide bonds. The summed E-state index contributed by atoms with van der Waals surface area (Å²) in [6.07, 6.45) is 0. The van der Waals surface area contributed by atoms with Gasteiger partial charge in [-0.2, -0.15) is 5.10 Å². The van der Waals surface area contributed by atoms with Gasteiger partial charge in [-0.05, 0) is 18.2 Å². The molecule has 0 aliphatic carbocycles. The van der Waals surface area contributed by atoms with E-state index >= 15 is 0 Å². The Morgan fingerprint density at radius 1 is 1.56 bits per heavy atom. The second kappa shape index (κ2) is 4.58. The number of aromatic amines is 1. The molecule has 7 heteroatoms. The summed E-state index contributed by atoms with van der Waals surface area (Å²) in [6.45, 7) is 0. The number of nitrogens with two attached hydrogens (primary N) is 1. The van der Waals surface area contributed by atoms with Crippen molar-refractivity contribution >= 4 is 23.4 Å². The molecule has 0 radical (unpaired) electrons. The number of H-pyrrole nitrogens is 1. The van der Waals surface area contributed by atoms with Crippen LogP contribution in [-0.2, 0) is 0 Å². The number of carboxylic acid groups (broad SMARTS) is 1. The fourth-order valence-corrected chi connectivity index (χ4v) is 1.82. The van der Waals surface area contributed by atoms with Crippen LogP contribution in [-0.4, -0.2) is 28.4 Å². The Labute approximate surface area is 107 Å². The number of carbonyl (C=O) groups is 1. The largest absolute Gasteiger partial charge is 0.496 e. The summed E-state index contributed by atoms with van der Waals surface area (Å²) < 4.78 is 5.16. The highest BCUT2D eigenvalue weighted by atomic mass is 35.5. The Morgan fingerprint density at radius 2 is 2.28 bits per heavy atom. The van der Waals surface area contributed by atoms with Gasteiger partial charge < -0.3 is 15.6 Å². The van der Waals surface area contributed by atoms with Gasteiger partial charge in [0.15, 0.2) is 5.82 Å². The number of aromatic nitrogens is 2. The molecule has 1 aromatic carbocycles. The number of hydrogen-bond donors (Lipinski definition) is 3. The summed E-state index contributed by atoms with van der Waals surface area (Å²) in [5.74, 6) is -0.775. The number of ether oxygens (including phenoxy) is 1. The van der Waals surface area contributed by atoms with Crippen LogP contribution in [0, 0.1) is 0 Å². The van der Waals surface area contributed by atoms with E-state index in [1.165, 1.54) is 7.11 Å². The second-order valence-electron chi connectivity index (χ2n) is 3.51. The quantitative estimate of drug-likeness (QED) is 0.790. The van der Waals surface area contributed by atoms with Gasteiger partial charge in [0.2, 0.25) is 0 Å². The molecule has 0 saturated heterocycles. The topological polar surface area (TPSA) is 101 Å². The molecule has 0 bridgehead atoms. The zero-order chi connectivity index (χ0) is 13.3. The number of aromatic carboxylic acids is 1. The minimum Gasteiger partial charge on any atom is -0.496 e. The molecule has 0 aliphatic rings. The lowest BCUT2D eigenvalue weighted by molar-refractivity contribution is 0.0699. The summed E-state index contributed by atoms with van der Waals surface area (Å²) in [5, 5.41) is 15.8. The molecule has 1 heterocycles. The number of anilines is 1. The van der Waals surface area contributed by atoms with Crippen LogP contribution < -0.4 is 10.5 Å². The number of nitrogens with one attached hydrogen (secondary N) is 1. The average Bonchev–Trinajstić information content (AvgIpc) is 2.71. The lowest BCUT2D eigenvalue weighted by atomic mass is 10.1. The molecule has 6 nitrogen and oxygen atoms in total. The molecular weight excluding hydrogens is 258 g/mol. The Hall–Kier alpha value is -2.21. The standard InChI is InChI=1S/C11H10ClN3O3/c1-18-7-3-2-5(12)4-6(7)9-8(11(16)17)10(13)15-14-9/h2-4H,1H3,(H,16,17)(H3,13,14,15). The summed E-state index contributed by atoms with van der Waals surface area (Å²) in [4.78, 5) is 11.1. The monoisotopic (exact) mass is 267 g/mol. The van der Waals surface area contributed by atoms with Gasteiger partial charge in [-0.15, -0.1) is 0 Å². The van der Waals surface area contributed by atoms with Gasteiger partial charge in [-0.25, -0.2) is 4.79 Å². The number of nitrogens with zero attached hydrogens (tertiary/aromatic N) is 1. The Balaban J connectivity index is 2.69. The lowest BCUT2D eigenvalue weighted by Gasteiger charge is -2.08. The maximum atomic E-state index is 11.1. The second-order valence-corrected chi connectivity index (χ2v) is 3.95. The Kier molecular flexibility index (Phi) is 3.12. The third-order valence-electron chi connectivity index (χ3n) is 2.44. The molecule has 18 heavy (non-hydrogen) atoms. The molecule has 0 unspecified atom stereocenters. The first kappa shape index (κ1) is 12.3. The average molecular weight is 268 g/mol. The SMILES string of the molecule is COc1ccc(Cl)cc1-c1[nH]nc(N)c1C(=O)O. The van der Waals surface area contributed by atoms with Crippen LogP contribution in [0.3, 0.4) is 0 Å². The zero-order valence-corrected chi connectivity index (χ0v) is 10.2. The summed E-state index contributed by atoms with van der Waals surface area (Å²) >= 11 is 5.89. The predicted molar refractivity (Wildman–Crippen MR) is 67.0 cm³/mol. The first-order valence-electron chi connectivity index (χ1n) is 4.95. The number of hydrogen-bond acceptors (Lipinski definition) is 4. The van der Waals surface area contributed by atoms with Crippen molar-refractivity contribution in [3.63, 3.8) is 0 Å². The number of carboxylic acids is 1. The van der Waals surface area contributed by atoms with Gasteiger partial charge in [0.05, 0.1) is 12.8 Å². The number of rotatable bonds is 3. The van der Waals surface area contributed by atoms with Crippen LogP contribution in [0.2, 0.25) is 5.02 Å². The van der Waals surface area contributed by atoms with Crippen LogP contribution in [0.4, 0.5) is 5.82 Å². The van der Waals surface area contributed by atoms with Gasteiger partial charge in [0.25, 0.3) is 0 Å². The molecule has 0 saturated carbocycles. The van der Waals surface area contributed by atoms with E-state index in [4.69, 9.17) is 27.2 Å². The van der Waals surface area contributed by atoms with Crippen molar-refractivity contribution in [3.8, 4) is 17.0 Å². The summed E-state index contributed by atoms with van der Waals surface area (Å²) in [5.41, 5.74) is 6.17. The fourth-order valence-electron chi connectivity index (χ4n) is 1.64. The van der Waals surface area contributed by atoms with E-state index in [1.807, 2.05) is 0 Å². The molecule has 0 fully saturated rings. The molecule has 2 aromatic rings. The van der Waals surface area contributed by atoms with Crippen molar-refractivity contribution in [2.75, 3.05) is 12.8 Å². The maximum absolute atomic E-state index is 11.1. The summed E-state index contributed by atoms with van der Waals surface area (Å²) in [6, 6.07) is 4.87. The zero-order valence-electron chi connectivity index (χ0n) is 9.40. The van der Waals surface area contributed by atoms with Crippen LogP contribution in [0.15, 0.2) is 18.2 Å². The van der Waals surface area contributed by atoms with Gasteiger partial charge in [-0.1, -0.05) is 11.6 Å². The van der Waals surface area contributed by atoms with Gasteiger partial charge in [0, 0.05) is 10.6 Å². The highest BCUT2D eigenvalue weighted by molar-refractivity contribution is 6.31. The molecule has 2 rings (SSSR count). The molecule has 0 aliphatic heterocycles. The highest BCUT2D eigenvalue weighted by Gasteiger charge is 2.21. The van der Waals surface area contributed by atoms with Crippen molar-refractivity contribution in [3.05, 3.63) is 28.8 Å². The van der Waals surface area contributed by atoms with Crippen LogP contribution in [0.5, 0.6) is 5.75 Å². The van der Waals surface area contributed by atoms with E-state index in [0.29, 0.717) is 16.3 Å². The van der Waals surface area contributed by atoms with E-state index in [-0.39, 0.29) is 17.1 Å². The van der Waals surface area contributed by atoms with Crippen molar-refractivity contribution in [1.82, 2.24) is 10.2 Å². The van der Waals surface area contributed by atoms with Crippen LogP contribution in [0.25, 0.3) is 11.3 Å². The van der Waals surface area contributed by atoms with E-state index in [1.54, 1.807) is 18.2 Å². The van der Waals surface area contributed by atoms with Crippen molar-refractivity contribution < 1.29 is 14.6 Å².